The van der Waals surface area contributed by atoms with Crippen molar-refractivity contribution in [3.05, 3.63) is 46.6 Å². The fraction of sp³-hybridized carbons (Fsp3) is 0. The lowest BCUT2D eigenvalue weighted by Gasteiger charge is -1.99. The minimum Gasteiger partial charge on any atom is -0.478 e. The fourth-order valence-electron chi connectivity index (χ4n) is 1.27. The van der Waals surface area contributed by atoms with Crippen LogP contribution in [0.3, 0.4) is 0 Å². The minimum absolute atomic E-state index is 0.0178. The number of thioether (sulfide) groups is 1. The topological polar surface area (TPSA) is 66.7 Å². The zero-order valence-corrected chi connectivity index (χ0v) is 9.20. The highest BCUT2D eigenvalue weighted by molar-refractivity contribution is 8.19. The molecule has 0 unspecified atom stereocenters. The van der Waals surface area contributed by atoms with Crippen LogP contribution in [0.15, 0.2) is 40.2 Å². The van der Waals surface area contributed by atoms with E-state index in [1.807, 2.05) is 0 Å². The predicted molar refractivity (Wildman–Crippen MR) is 61.3 cm³/mol. The third-order valence-corrected chi connectivity index (χ3v) is 3.00. The molecule has 0 radical (unpaired) electrons. The Hall–Kier alpha value is -1.95. The third-order valence-electron chi connectivity index (χ3n) is 1.98. The Bertz CT molecular complexity index is 566. The summed E-state index contributed by atoms with van der Waals surface area (Å²) in [6, 6.07) is 5.87. The standard InChI is InChI=1S/C11H6FNO3S/c12-7-4-2-1-3-6(7)11-13-10(16)8(17-11)5-9(14)15/h1-5H,(H,14,15)/b8-5+. The number of carboxylic acids is 1. The minimum atomic E-state index is -1.23. The normalized spacial score (nSPS) is 17.4. The van der Waals surface area contributed by atoms with Crippen LogP contribution in [-0.4, -0.2) is 22.0 Å². The molecule has 2 rings (SSSR count). The number of amides is 1. The number of nitrogens with zero attached hydrogens (tertiary/aromatic N) is 1. The highest BCUT2D eigenvalue weighted by Gasteiger charge is 2.25. The smallest absolute Gasteiger partial charge is 0.329 e. The van der Waals surface area contributed by atoms with Gasteiger partial charge in [-0.25, -0.2) is 14.2 Å². The second-order valence-electron chi connectivity index (χ2n) is 3.15. The molecule has 0 atom stereocenters. The number of rotatable bonds is 2. The van der Waals surface area contributed by atoms with Crippen LogP contribution in [0.2, 0.25) is 0 Å². The van der Waals surface area contributed by atoms with Gasteiger partial charge in [0, 0.05) is 11.6 Å². The average Bonchev–Trinajstić information content (AvgIpc) is 2.60. The molecule has 0 bridgehead atoms. The molecule has 0 spiro atoms. The van der Waals surface area contributed by atoms with Gasteiger partial charge in [0.1, 0.15) is 10.9 Å². The first-order valence-corrected chi connectivity index (χ1v) is 5.40. The largest absolute Gasteiger partial charge is 0.478 e. The van der Waals surface area contributed by atoms with E-state index >= 15 is 0 Å². The monoisotopic (exact) mass is 251 g/mol. The molecule has 86 valence electrons. The number of aliphatic carboxylic acids is 1. The second-order valence-corrected chi connectivity index (χ2v) is 4.18. The zero-order valence-electron chi connectivity index (χ0n) is 8.38. The van der Waals surface area contributed by atoms with Gasteiger partial charge in [0.15, 0.2) is 0 Å². The van der Waals surface area contributed by atoms with Crippen molar-refractivity contribution in [2.45, 2.75) is 0 Å². The van der Waals surface area contributed by atoms with Crippen molar-refractivity contribution < 1.29 is 19.1 Å². The molecule has 6 heteroatoms. The first-order chi connectivity index (χ1) is 8.08. The van der Waals surface area contributed by atoms with Gasteiger partial charge in [-0.15, -0.1) is 0 Å². The van der Waals surface area contributed by atoms with Gasteiger partial charge in [0.2, 0.25) is 0 Å². The van der Waals surface area contributed by atoms with Crippen molar-refractivity contribution in [3.8, 4) is 0 Å². The number of benzene rings is 1. The van der Waals surface area contributed by atoms with Crippen LogP contribution in [0.1, 0.15) is 5.56 Å². The Morgan fingerprint density at radius 3 is 2.76 bits per heavy atom. The van der Waals surface area contributed by atoms with E-state index in [2.05, 4.69) is 4.99 Å². The van der Waals surface area contributed by atoms with Crippen LogP contribution in [-0.2, 0) is 9.59 Å². The number of hydrogen-bond donors (Lipinski definition) is 1. The summed E-state index contributed by atoms with van der Waals surface area (Å²) in [7, 11) is 0. The van der Waals surface area contributed by atoms with Crippen LogP contribution < -0.4 is 0 Å². The molecule has 4 nitrogen and oxygen atoms in total. The molecule has 0 saturated heterocycles. The van der Waals surface area contributed by atoms with E-state index in [1.165, 1.54) is 18.2 Å². The molecule has 0 aliphatic carbocycles. The number of aliphatic imine (C=N–C) groups is 1. The van der Waals surface area contributed by atoms with Gasteiger partial charge in [-0.1, -0.05) is 23.9 Å². The quantitative estimate of drug-likeness (QED) is 0.814. The molecule has 17 heavy (non-hydrogen) atoms. The van der Waals surface area contributed by atoms with E-state index in [0.29, 0.717) is 0 Å². The Kier molecular flexibility index (Phi) is 3.06. The lowest BCUT2D eigenvalue weighted by Crippen LogP contribution is -1.95. The van der Waals surface area contributed by atoms with E-state index in [9.17, 15) is 14.0 Å². The summed E-state index contributed by atoms with van der Waals surface area (Å²) in [6.07, 6.45) is 0.768. The molecule has 1 aliphatic heterocycles. The molecule has 1 N–H and O–H groups in total. The Morgan fingerprint density at radius 1 is 1.41 bits per heavy atom. The van der Waals surface area contributed by atoms with Crippen molar-refractivity contribution in [2.24, 2.45) is 4.99 Å². The summed E-state index contributed by atoms with van der Waals surface area (Å²) in [5.74, 6) is -2.38. The molecule has 1 aliphatic rings. The van der Waals surface area contributed by atoms with Crippen molar-refractivity contribution in [3.63, 3.8) is 0 Å². The maximum absolute atomic E-state index is 13.4. The number of hydrogen-bond acceptors (Lipinski definition) is 3. The fourth-order valence-corrected chi connectivity index (χ4v) is 2.18. The van der Waals surface area contributed by atoms with Gasteiger partial charge in [0.05, 0.1) is 4.91 Å². The third kappa shape index (κ3) is 2.42. The summed E-state index contributed by atoms with van der Waals surface area (Å²) in [4.78, 5) is 25.4. The number of halogens is 1. The van der Waals surface area contributed by atoms with Gasteiger partial charge >= 0.3 is 5.97 Å². The summed E-state index contributed by atoms with van der Waals surface area (Å²) in [5.41, 5.74) is 0.194. The van der Waals surface area contributed by atoms with Crippen LogP contribution in [0.5, 0.6) is 0 Å². The van der Waals surface area contributed by atoms with Crippen molar-refractivity contribution in [1.29, 1.82) is 0 Å². The van der Waals surface area contributed by atoms with Crippen molar-refractivity contribution >= 4 is 28.7 Å². The average molecular weight is 251 g/mol. The van der Waals surface area contributed by atoms with E-state index in [0.717, 1.165) is 17.8 Å². The maximum Gasteiger partial charge on any atom is 0.329 e. The summed E-state index contributed by atoms with van der Waals surface area (Å²) in [6.45, 7) is 0. The molecule has 0 fully saturated rings. The lowest BCUT2D eigenvalue weighted by atomic mass is 10.2. The summed E-state index contributed by atoms with van der Waals surface area (Å²) >= 11 is 0.855. The molecule has 0 aromatic heterocycles. The second kappa shape index (κ2) is 4.50. The van der Waals surface area contributed by atoms with E-state index in [1.54, 1.807) is 6.07 Å². The molecular weight excluding hydrogens is 245 g/mol. The SMILES string of the molecule is O=C(O)/C=C1/SC(c2ccccc2F)=NC1=O. The predicted octanol–water partition coefficient (Wildman–Crippen LogP) is 1.81. The summed E-state index contributed by atoms with van der Waals surface area (Å²) in [5, 5.41) is 8.72. The Balaban J connectivity index is 2.34. The maximum atomic E-state index is 13.4. The molecule has 1 aromatic rings. The molecule has 1 aromatic carbocycles. The van der Waals surface area contributed by atoms with Gasteiger partial charge in [-0.05, 0) is 12.1 Å². The van der Waals surface area contributed by atoms with E-state index < -0.39 is 17.7 Å². The van der Waals surface area contributed by atoms with Gasteiger partial charge in [-0.2, -0.15) is 0 Å². The Labute approximate surface area is 99.9 Å². The first-order valence-electron chi connectivity index (χ1n) is 4.58. The van der Waals surface area contributed by atoms with Crippen LogP contribution >= 0.6 is 11.8 Å². The van der Waals surface area contributed by atoms with Crippen LogP contribution in [0.4, 0.5) is 4.39 Å². The molecular formula is C11H6FNO3S. The molecule has 1 amide bonds. The number of carbonyl (C=O) groups excluding carboxylic acids is 1. The van der Waals surface area contributed by atoms with Gasteiger partial charge in [0.25, 0.3) is 5.91 Å². The Morgan fingerprint density at radius 2 is 2.12 bits per heavy atom. The molecule has 0 saturated carbocycles. The first kappa shape index (κ1) is 11.5. The number of carbonyl (C=O) groups is 2. The van der Waals surface area contributed by atoms with E-state index in [4.69, 9.17) is 5.11 Å². The van der Waals surface area contributed by atoms with Crippen LogP contribution in [0.25, 0.3) is 0 Å². The molecule has 1 heterocycles. The van der Waals surface area contributed by atoms with Crippen molar-refractivity contribution in [2.75, 3.05) is 0 Å². The number of carboxylic acid groups (broad SMARTS) is 1. The van der Waals surface area contributed by atoms with E-state index in [-0.39, 0.29) is 15.5 Å². The van der Waals surface area contributed by atoms with Gasteiger partial charge < -0.3 is 5.11 Å². The lowest BCUT2D eigenvalue weighted by molar-refractivity contribution is -0.131. The van der Waals surface area contributed by atoms with Crippen LogP contribution in [0, 0.1) is 5.82 Å². The summed E-state index contributed by atoms with van der Waals surface area (Å²) < 4.78 is 13.4. The zero-order chi connectivity index (χ0) is 12.4. The highest BCUT2D eigenvalue weighted by Crippen LogP contribution is 2.30. The van der Waals surface area contributed by atoms with Crippen molar-refractivity contribution in [1.82, 2.24) is 0 Å². The highest BCUT2D eigenvalue weighted by atomic mass is 32.2. The van der Waals surface area contributed by atoms with Gasteiger partial charge in [-0.3, -0.25) is 4.79 Å².